The van der Waals surface area contributed by atoms with Gasteiger partial charge in [0, 0.05) is 35.1 Å². The number of pyridine rings is 1. The van der Waals surface area contributed by atoms with E-state index >= 15 is 0 Å². The fraction of sp³-hybridized carbons (Fsp3) is 0.556. The highest BCUT2D eigenvalue weighted by atomic mass is 32.1. The van der Waals surface area contributed by atoms with Crippen molar-refractivity contribution in [3.63, 3.8) is 0 Å². The first-order valence-corrected chi connectivity index (χ1v) is 13.7. The predicted molar refractivity (Wildman–Crippen MR) is 141 cm³/mol. The summed E-state index contributed by atoms with van der Waals surface area (Å²) < 4.78 is 41.8. The van der Waals surface area contributed by atoms with Gasteiger partial charge in [-0.1, -0.05) is 20.8 Å². The summed E-state index contributed by atoms with van der Waals surface area (Å²) in [4.78, 5) is 32.8. The molecule has 1 amide bonds. The van der Waals surface area contributed by atoms with Gasteiger partial charge in [0.25, 0.3) is 0 Å². The number of aromatic nitrogens is 3. The summed E-state index contributed by atoms with van der Waals surface area (Å²) in [6.07, 6.45) is -1.08. The second-order valence-corrected chi connectivity index (χ2v) is 12.0. The summed E-state index contributed by atoms with van der Waals surface area (Å²) in [6.45, 7) is 9.80. The van der Waals surface area contributed by atoms with Gasteiger partial charge in [0.05, 0.1) is 18.8 Å². The van der Waals surface area contributed by atoms with E-state index in [9.17, 15) is 18.0 Å². The Balaban J connectivity index is 0.000000826. The van der Waals surface area contributed by atoms with Crippen molar-refractivity contribution < 1.29 is 33.0 Å². The Morgan fingerprint density at radius 1 is 1.23 bits per heavy atom. The number of alkyl halides is 3. The molecule has 8 nitrogen and oxygen atoms in total. The summed E-state index contributed by atoms with van der Waals surface area (Å²) in [7, 11) is 0. The van der Waals surface area contributed by atoms with E-state index in [1.54, 1.807) is 13.1 Å². The molecule has 39 heavy (non-hydrogen) atoms. The molecule has 0 aromatic carbocycles. The standard InChI is InChI=1S/C26H31F3N4OS.CH2O3/c1-15-7-8-17(25(15,3)4)12-22(34)32-11-9-18-19-6-5-10-30-23(19)33(20(18)13-32)14-21-16(2)31-24(35-21)26(27,28)29;2-1(3)4/h5-6,10,15,17H,7-9,11-14H2,1-4H3;(H2,2,3,4)/t15-,17-;/m1./s1. The lowest BCUT2D eigenvalue weighted by atomic mass is 9.75. The van der Waals surface area contributed by atoms with E-state index in [2.05, 4.69) is 30.7 Å². The van der Waals surface area contributed by atoms with Crippen molar-refractivity contribution in [2.75, 3.05) is 6.54 Å². The summed E-state index contributed by atoms with van der Waals surface area (Å²) in [5.74, 6) is 1.14. The van der Waals surface area contributed by atoms with Crippen LogP contribution in [0.4, 0.5) is 18.0 Å². The molecule has 0 spiro atoms. The Hall–Kier alpha value is -3.15. The first-order chi connectivity index (χ1) is 18.2. The van der Waals surface area contributed by atoms with Crippen LogP contribution in [0.25, 0.3) is 11.0 Å². The lowest BCUT2D eigenvalue weighted by Crippen LogP contribution is -2.39. The first kappa shape index (κ1) is 28.8. The Labute approximate surface area is 228 Å². The average Bonchev–Trinajstić information content (AvgIpc) is 3.46. The molecule has 4 heterocycles. The highest BCUT2D eigenvalue weighted by Gasteiger charge is 2.42. The maximum absolute atomic E-state index is 13.4. The van der Waals surface area contributed by atoms with E-state index in [-0.39, 0.29) is 17.9 Å². The van der Waals surface area contributed by atoms with E-state index in [1.807, 2.05) is 21.6 Å². The first-order valence-electron chi connectivity index (χ1n) is 12.9. The number of nitrogens with zero attached hydrogens (tertiary/aromatic N) is 4. The van der Waals surface area contributed by atoms with Crippen molar-refractivity contribution in [1.82, 2.24) is 19.4 Å². The van der Waals surface area contributed by atoms with Crippen molar-refractivity contribution >= 4 is 34.4 Å². The molecule has 12 heteroatoms. The van der Waals surface area contributed by atoms with Crippen molar-refractivity contribution in [3.8, 4) is 0 Å². The van der Waals surface area contributed by atoms with Crippen molar-refractivity contribution in [2.45, 2.75) is 72.6 Å². The van der Waals surface area contributed by atoms with Crippen molar-refractivity contribution in [1.29, 1.82) is 0 Å². The number of carbonyl (C=O) groups is 2. The molecule has 1 saturated carbocycles. The monoisotopic (exact) mass is 566 g/mol. The van der Waals surface area contributed by atoms with Crippen LogP contribution in [-0.4, -0.2) is 48.3 Å². The number of aryl methyl sites for hydroxylation is 1. The summed E-state index contributed by atoms with van der Waals surface area (Å²) >= 11 is 0.687. The SMILES string of the molecule is Cc1nc(C(F)(F)F)sc1Cn1c2c(c3cccnc31)CCN(C(=O)C[C@H]1CC[C@@H](C)C1(C)C)C2.O=C(O)O. The van der Waals surface area contributed by atoms with Crippen molar-refractivity contribution in [2.24, 2.45) is 17.3 Å². The largest absolute Gasteiger partial charge is 0.503 e. The fourth-order valence-electron chi connectivity index (χ4n) is 5.79. The lowest BCUT2D eigenvalue weighted by molar-refractivity contribution is -0.137. The highest BCUT2D eigenvalue weighted by Crippen LogP contribution is 2.49. The zero-order valence-electron chi connectivity index (χ0n) is 22.4. The molecule has 0 saturated heterocycles. The van der Waals surface area contributed by atoms with E-state index < -0.39 is 17.3 Å². The normalized spacial score (nSPS) is 20.4. The molecule has 1 fully saturated rings. The van der Waals surface area contributed by atoms with Crippen LogP contribution < -0.4 is 0 Å². The average molecular weight is 567 g/mol. The minimum Gasteiger partial charge on any atom is -0.450 e. The number of hydrogen-bond acceptors (Lipinski definition) is 5. The third-order valence-electron chi connectivity index (χ3n) is 8.50. The van der Waals surface area contributed by atoms with E-state index in [4.69, 9.17) is 15.0 Å². The van der Waals surface area contributed by atoms with Crippen LogP contribution in [0.5, 0.6) is 0 Å². The molecule has 3 aromatic rings. The zero-order valence-corrected chi connectivity index (χ0v) is 23.2. The smallest absolute Gasteiger partial charge is 0.450 e. The molecular formula is C27H33F3N4O4S. The van der Waals surface area contributed by atoms with E-state index in [1.165, 1.54) is 0 Å². The van der Waals surface area contributed by atoms with Crippen LogP contribution in [0.2, 0.25) is 0 Å². The van der Waals surface area contributed by atoms with Gasteiger partial charge in [0.2, 0.25) is 5.91 Å². The number of carboxylic acid groups (broad SMARTS) is 2. The molecule has 0 radical (unpaired) electrons. The maximum Gasteiger partial charge on any atom is 0.503 e. The topological polar surface area (TPSA) is 109 Å². The number of carbonyl (C=O) groups excluding carboxylic acids is 1. The van der Waals surface area contributed by atoms with Gasteiger partial charge in [0.1, 0.15) is 5.65 Å². The van der Waals surface area contributed by atoms with Gasteiger partial charge in [0.15, 0.2) is 5.01 Å². The van der Waals surface area contributed by atoms with Gasteiger partial charge in [-0.2, -0.15) is 13.2 Å². The number of amides is 1. The van der Waals surface area contributed by atoms with Gasteiger partial charge in [-0.05, 0) is 61.1 Å². The molecule has 0 unspecified atom stereocenters. The predicted octanol–water partition coefficient (Wildman–Crippen LogP) is 6.44. The van der Waals surface area contributed by atoms with Crippen LogP contribution in [0.15, 0.2) is 18.3 Å². The minimum absolute atomic E-state index is 0.148. The van der Waals surface area contributed by atoms with Crippen LogP contribution in [0.3, 0.4) is 0 Å². The van der Waals surface area contributed by atoms with E-state index in [0.717, 1.165) is 41.6 Å². The molecule has 2 N–H and O–H groups in total. The second kappa shape index (κ2) is 10.8. The van der Waals surface area contributed by atoms with Gasteiger partial charge >= 0.3 is 12.3 Å². The fourth-order valence-corrected chi connectivity index (χ4v) is 6.70. The highest BCUT2D eigenvalue weighted by molar-refractivity contribution is 7.11. The van der Waals surface area contributed by atoms with Crippen LogP contribution in [0, 0.1) is 24.2 Å². The minimum atomic E-state index is -4.46. The molecule has 2 aliphatic rings. The Morgan fingerprint density at radius 3 is 2.51 bits per heavy atom. The lowest BCUT2D eigenvalue weighted by Gasteiger charge is -2.34. The molecule has 3 aromatic heterocycles. The molecule has 212 valence electrons. The molecular weight excluding hydrogens is 533 g/mol. The Kier molecular flexibility index (Phi) is 7.98. The van der Waals surface area contributed by atoms with Crippen LogP contribution >= 0.6 is 11.3 Å². The van der Waals surface area contributed by atoms with E-state index in [0.29, 0.717) is 53.3 Å². The Morgan fingerprint density at radius 2 is 1.92 bits per heavy atom. The molecule has 0 bridgehead atoms. The number of rotatable bonds is 4. The quantitative estimate of drug-likeness (QED) is 0.376. The Bertz CT molecular complexity index is 1380. The van der Waals surface area contributed by atoms with Crippen molar-refractivity contribution in [3.05, 3.63) is 45.2 Å². The van der Waals surface area contributed by atoms with Gasteiger partial charge < -0.3 is 19.7 Å². The summed E-state index contributed by atoms with van der Waals surface area (Å²) in [5, 5.41) is 14.1. The van der Waals surface area contributed by atoms with Crippen LogP contribution in [0.1, 0.15) is 66.9 Å². The summed E-state index contributed by atoms with van der Waals surface area (Å²) in [6, 6.07) is 3.89. The maximum atomic E-state index is 13.4. The summed E-state index contributed by atoms with van der Waals surface area (Å²) in [5.41, 5.74) is 3.40. The number of fused-ring (bicyclic) bond motifs is 3. The number of halogens is 3. The third kappa shape index (κ3) is 5.90. The van der Waals surface area contributed by atoms with Crippen LogP contribution in [-0.2, 0) is 30.5 Å². The molecule has 1 aliphatic heterocycles. The van der Waals surface area contributed by atoms with Gasteiger partial charge in [-0.25, -0.2) is 14.8 Å². The third-order valence-corrected chi connectivity index (χ3v) is 9.68. The van der Waals surface area contributed by atoms with Gasteiger partial charge in [-0.3, -0.25) is 4.79 Å². The molecule has 5 rings (SSSR count). The zero-order chi connectivity index (χ0) is 28.7. The second-order valence-electron chi connectivity index (χ2n) is 11.0. The number of hydrogen-bond donors (Lipinski definition) is 2. The van der Waals surface area contributed by atoms with Gasteiger partial charge in [-0.15, -0.1) is 11.3 Å². The molecule has 1 aliphatic carbocycles. The molecule has 2 atom stereocenters. The number of thiazole rings is 1.